The lowest BCUT2D eigenvalue weighted by atomic mass is 10.0. The lowest BCUT2D eigenvalue weighted by Crippen LogP contribution is -2.20. The predicted octanol–water partition coefficient (Wildman–Crippen LogP) is 2.13. The topological polar surface area (TPSA) is 107 Å². The molecule has 22 heavy (non-hydrogen) atoms. The van der Waals surface area contributed by atoms with E-state index in [2.05, 4.69) is 10.2 Å². The van der Waals surface area contributed by atoms with Crippen molar-refractivity contribution < 1.29 is 14.6 Å². The summed E-state index contributed by atoms with van der Waals surface area (Å²) in [7, 11) is 1.50. The number of hydrogen-bond acceptors (Lipinski definition) is 7. The van der Waals surface area contributed by atoms with Crippen LogP contribution in [0.4, 0.5) is 0 Å². The highest BCUT2D eigenvalue weighted by atomic mass is 16.5. The molecule has 0 aliphatic carbocycles. The number of hydrogen-bond donors (Lipinski definition) is 2. The Morgan fingerprint density at radius 3 is 2.73 bits per heavy atom. The van der Waals surface area contributed by atoms with E-state index in [0.717, 1.165) is 0 Å². The molecule has 1 aromatic heterocycles. The van der Waals surface area contributed by atoms with Crippen molar-refractivity contribution in [1.82, 2.24) is 4.98 Å². The van der Waals surface area contributed by atoms with E-state index in [4.69, 9.17) is 15.2 Å². The van der Waals surface area contributed by atoms with Gasteiger partial charge in [0.05, 0.1) is 12.3 Å². The van der Waals surface area contributed by atoms with Gasteiger partial charge >= 0.3 is 0 Å². The highest BCUT2D eigenvalue weighted by Gasteiger charge is 2.14. The largest absolute Gasteiger partial charge is 0.512 e. The Kier molecular flexibility index (Phi) is 7.48. The van der Waals surface area contributed by atoms with E-state index in [-0.39, 0.29) is 31.4 Å². The van der Waals surface area contributed by atoms with E-state index >= 15 is 0 Å². The van der Waals surface area contributed by atoms with Gasteiger partial charge in [0.15, 0.2) is 0 Å². The van der Waals surface area contributed by atoms with Gasteiger partial charge in [-0.1, -0.05) is 19.0 Å². The summed E-state index contributed by atoms with van der Waals surface area (Å²) in [6.07, 6.45) is 1.56. The molecule has 0 fully saturated rings. The molecule has 0 bridgehead atoms. The van der Waals surface area contributed by atoms with Crippen molar-refractivity contribution in [3.8, 4) is 5.75 Å². The number of nitrogens with two attached hydrogens (primary N) is 1. The summed E-state index contributed by atoms with van der Waals surface area (Å²) in [6, 6.07) is 2.77. The van der Waals surface area contributed by atoms with Crippen LogP contribution in [0, 0.1) is 10.8 Å². The third-order valence-electron chi connectivity index (χ3n) is 3.05. The minimum Gasteiger partial charge on any atom is -0.512 e. The molecule has 122 valence electrons. The smallest absolute Gasteiger partial charge is 0.149 e. The van der Waals surface area contributed by atoms with Crippen molar-refractivity contribution in [2.45, 2.75) is 19.9 Å². The fraction of sp³-hybridized carbons (Fsp3) is 0.533. The van der Waals surface area contributed by atoms with Gasteiger partial charge in [0.2, 0.25) is 0 Å². The SMILES string of the molecule is COCC(COc1ccnc(C(CN)=C(O)C(C)C)c1)N=O. The number of aliphatic hydroxyl groups excluding tert-OH is 1. The second-order valence-corrected chi connectivity index (χ2v) is 5.12. The summed E-state index contributed by atoms with van der Waals surface area (Å²) in [5.41, 5.74) is 6.83. The zero-order chi connectivity index (χ0) is 16.5. The van der Waals surface area contributed by atoms with Gasteiger partial charge in [-0.05, 0) is 6.07 Å². The van der Waals surface area contributed by atoms with E-state index in [9.17, 15) is 10.0 Å². The van der Waals surface area contributed by atoms with E-state index < -0.39 is 6.04 Å². The molecule has 0 saturated carbocycles. The number of aromatic nitrogens is 1. The van der Waals surface area contributed by atoms with Gasteiger partial charge in [-0.25, -0.2) is 0 Å². The average Bonchev–Trinajstić information content (AvgIpc) is 2.52. The van der Waals surface area contributed by atoms with E-state index in [1.807, 2.05) is 13.8 Å². The summed E-state index contributed by atoms with van der Waals surface area (Å²) in [4.78, 5) is 14.8. The maximum absolute atomic E-state index is 10.6. The Labute approximate surface area is 130 Å². The first-order valence-electron chi connectivity index (χ1n) is 7.06. The molecule has 1 unspecified atom stereocenters. The minimum atomic E-state index is -0.574. The van der Waals surface area contributed by atoms with Crippen LogP contribution in [0.5, 0.6) is 5.75 Å². The number of methoxy groups -OCH3 is 1. The minimum absolute atomic E-state index is 0.0460. The van der Waals surface area contributed by atoms with Crippen molar-refractivity contribution in [2.75, 3.05) is 26.9 Å². The van der Waals surface area contributed by atoms with Crippen LogP contribution < -0.4 is 10.5 Å². The van der Waals surface area contributed by atoms with Gasteiger partial charge in [-0.2, -0.15) is 4.91 Å². The molecular formula is C15H23N3O4. The molecule has 0 spiro atoms. The van der Waals surface area contributed by atoms with Gasteiger partial charge in [0.25, 0.3) is 0 Å². The summed E-state index contributed by atoms with van der Waals surface area (Å²) in [6.45, 7) is 4.22. The molecule has 7 heteroatoms. The summed E-state index contributed by atoms with van der Waals surface area (Å²) in [5.74, 6) is 0.687. The first-order valence-corrected chi connectivity index (χ1v) is 7.06. The van der Waals surface area contributed by atoms with Gasteiger partial charge in [0, 0.05) is 37.4 Å². The quantitative estimate of drug-likeness (QED) is 0.534. The number of aliphatic hydroxyl groups is 1. The third kappa shape index (κ3) is 5.09. The molecule has 1 atom stereocenters. The Morgan fingerprint density at radius 1 is 1.45 bits per heavy atom. The molecule has 3 N–H and O–H groups in total. The van der Waals surface area contributed by atoms with Crippen molar-refractivity contribution in [2.24, 2.45) is 16.8 Å². The monoisotopic (exact) mass is 309 g/mol. The highest BCUT2D eigenvalue weighted by molar-refractivity contribution is 5.66. The molecule has 0 saturated heterocycles. The number of allylic oxidation sites excluding steroid dienone is 1. The fourth-order valence-electron chi connectivity index (χ4n) is 1.85. The molecule has 0 radical (unpaired) electrons. The fourth-order valence-corrected chi connectivity index (χ4v) is 1.85. The van der Waals surface area contributed by atoms with Crippen molar-refractivity contribution in [3.05, 3.63) is 34.7 Å². The van der Waals surface area contributed by atoms with Gasteiger partial charge in [-0.3, -0.25) is 4.98 Å². The summed E-state index contributed by atoms with van der Waals surface area (Å²) in [5, 5.41) is 13.0. The first-order chi connectivity index (χ1) is 10.5. The first kappa shape index (κ1) is 18.1. The Bertz CT molecular complexity index is 517. The third-order valence-corrected chi connectivity index (χ3v) is 3.05. The molecule has 1 heterocycles. The van der Waals surface area contributed by atoms with Crippen LogP contribution in [0.3, 0.4) is 0 Å². The average molecular weight is 309 g/mol. The predicted molar refractivity (Wildman–Crippen MR) is 84.6 cm³/mol. The Balaban J connectivity index is 2.90. The zero-order valence-electron chi connectivity index (χ0n) is 13.2. The molecule has 0 aliphatic heterocycles. The van der Waals surface area contributed by atoms with Crippen molar-refractivity contribution >= 4 is 5.57 Å². The Hall–Kier alpha value is -1.99. The normalized spacial score (nSPS) is 13.7. The van der Waals surface area contributed by atoms with E-state index in [1.54, 1.807) is 18.3 Å². The van der Waals surface area contributed by atoms with Crippen LogP contribution in [0.1, 0.15) is 19.5 Å². The molecule has 0 amide bonds. The lowest BCUT2D eigenvalue weighted by molar-refractivity contribution is 0.153. The number of pyridine rings is 1. The summed E-state index contributed by atoms with van der Waals surface area (Å²) < 4.78 is 10.4. The molecule has 0 aliphatic rings. The number of nitroso groups, excluding NO2 is 1. The highest BCUT2D eigenvalue weighted by Crippen LogP contribution is 2.22. The van der Waals surface area contributed by atoms with E-state index in [1.165, 1.54) is 7.11 Å². The number of ether oxygens (including phenoxy) is 2. The van der Waals surface area contributed by atoms with Crippen molar-refractivity contribution in [3.63, 3.8) is 0 Å². The second kappa shape index (κ2) is 9.11. The zero-order valence-corrected chi connectivity index (χ0v) is 13.2. The molecule has 0 aromatic carbocycles. The molecule has 1 aromatic rings. The van der Waals surface area contributed by atoms with Crippen LogP contribution in [-0.2, 0) is 4.74 Å². The van der Waals surface area contributed by atoms with Crippen LogP contribution in [0.2, 0.25) is 0 Å². The number of nitrogens with zero attached hydrogens (tertiary/aromatic N) is 2. The number of rotatable bonds is 9. The molecule has 7 nitrogen and oxygen atoms in total. The van der Waals surface area contributed by atoms with Crippen molar-refractivity contribution in [1.29, 1.82) is 0 Å². The van der Waals surface area contributed by atoms with Crippen LogP contribution >= 0.6 is 0 Å². The van der Waals surface area contributed by atoms with Gasteiger partial charge in [0.1, 0.15) is 24.2 Å². The maximum Gasteiger partial charge on any atom is 0.149 e. The lowest BCUT2D eigenvalue weighted by Gasteiger charge is -2.13. The molecule has 1 rings (SSSR count). The Morgan fingerprint density at radius 2 is 2.18 bits per heavy atom. The van der Waals surface area contributed by atoms with Gasteiger partial charge in [-0.15, -0.1) is 0 Å². The van der Waals surface area contributed by atoms with E-state index in [0.29, 0.717) is 17.0 Å². The van der Waals surface area contributed by atoms with Gasteiger partial charge < -0.3 is 20.3 Å². The van der Waals surface area contributed by atoms with Crippen LogP contribution in [0.25, 0.3) is 5.57 Å². The summed E-state index contributed by atoms with van der Waals surface area (Å²) >= 11 is 0. The van der Waals surface area contributed by atoms with Crippen LogP contribution in [0.15, 0.2) is 29.3 Å². The van der Waals surface area contributed by atoms with Crippen LogP contribution in [-0.4, -0.2) is 43.0 Å². The standard InChI is InChI=1S/C15H23N3O4/c1-10(2)15(19)13(7-16)14-6-12(4-5-17-14)22-9-11(18-20)8-21-3/h4-6,10-11,19H,7-9,16H2,1-3H3. The maximum atomic E-state index is 10.6. The molecular weight excluding hydrogens is 286 g/mol. The second-order valence-electron chi connectivity index (χ2n) is 5.12.